The smallest absolute Gasteiger partial charge is 0.308 e. The zero-order chi connectivity index (χ0) is 81.9. The Labute approximate surface area is 697 Å². The summed E-state index contributed by atoms with van der Waals surface area (Å²) in [6, 6.07) is 63.9. The molecule has 0 aliphatic rings. The Kier molecular flexibility index (Phi) is 62.1. The van der Waals surface area contributed by atoms with E-state index in [-0.39, 0.29) is 18.7 Å². The van der Waals surface area contributed by atoms with Crippen LogP contribution >= 0.6 is 0 Å². The molecule has 0 spiro atoms. The van der Waals surface area contributed by atoms with Crippen LogP contribution in [0.2, 0.25) is 0 Å². The van der Waals surface area contributed by atoms with Gasteiger partial charge >= 0.3 is 23.9 Å². The van der Waals surface area contributed by atoms with Gasteiger partial charge in [-0.05, 0) is 84.7 Å². The highest BCUT2D eigenvalue weighted by Gasteiger charge is 2.39. The van der Waals surface area contributed by atoms with Gasteiger partial charge in [0, 0.05) is 52.1 Å². The van der Waals surface area contributed by atoms with Crippen molar-refractivity contribution in [1.29, 1.82) is 0 Å². The second-order valence-electron chi connectivity index (χ2n) is 32.0. The van der Waals surface area contributed by atoms with Crippen molar-refractivity contribution in [1.82, 2.24) is 0 Å². The zero-order valence-electron chi connectivity index (χ0n) is 71.5. The molecule has 0 saturated carbocycles. The van der Waals surface area contributed by atoms with E-state index >= 15 is 0 Å². The van der Waals surface area contributed by atoms with Crippen molar-refractivity contribution in [2.45, 2.75) is 371 Å². The summed E-state index contributed by atoms with van der Waals surface area (Å²) in [5.41, 5.74) is 5.67. The van der Waals surface area contributed by atoms with Crippen LogP contribution < -0.4 is 0 Å². The van der Waals surface area contributed by atoms with E-state index in [1.54, 1.807) is 0 Å². The summed E-state index contributed by atoms with van der Waals surface area (Å²) in [7, 11) is 0. The van der Waals surface area contributed by atoms with Crippen LogP contribution in [0.15, 0.2) is 182 Å². The number of carboxylic acids is 2. The van der Waals surface area contributed by atoms with Crippen LogP contribution in [0.3, 0.4) is 0 Å². The Morgan fingerprint density at radius 3 is 0.539 bits per heavy atom. The second kappa shape index (κ2) is 71.2. The minimum absolute atomic E-state index is 0.266. The topological polar surface area (TPSA) is 186 Å². The summed E-state index contributed by atoms with van der Waals surface area (Å²) in [6.45, 7) is 1.84. The second-order valence-corrected chi connectivity index (χ2v) is 32.0. The van der Waals surface area contributed by atoms with Crippen LogP contribution in [-0.2, 0) is 49.3 Å². The number of ether oxygens (including phenoxy) is 4. The molecule has 0 aliphatic heterocycles. The van der Waals surface area contributed by atoms with E-state index in [4.69, 9.17) is 39.4 Å². The maximum atomic E-state index is 12.2. The molecule has 0 aromatic heterocycles. The number of benzene rings is 6. The summed E-state index contributed by atoms with van der Waals surface area (Å²) in [5, 5.41) is 34.3. The summed E-state index contributed by atoms with van der Waals surface area (Å²) in [5.74, 6) is -1.89. The van der Waals surface area contributed by atoms with Crippen molar-refractivity contribution in [2.24, 2.45) is 0 Å². The number of aliphatic hydroxyl groups is 2. The molecule has 0 radical (unpaired) electrons. The minimum atomic E-state index is -0.668. The van der Waals surface area contributed by atoms with Gasteiger partial charge in [-0.1, -0.05) is 465 Å². The molecule has 0 saturated heterocycles. The minimum Gasteiger partial charge on any atom is -0.481 e. The average molecular weight is 1590 g/mol. The number of aliphatic hydroxyl groups excluding tert-OH is 2. The van der Waals surface area contributed by atoms with E-state index in [2.05, 4.69) is 182 Å². The van der Waals surface area contributed by atoms with Crippen LogP contribution in [0.5, 0.6) is 0 Å². The monoisotopic (exact) mass is 1590 g/mol. The fraction of sp³-hybridized carbons (Fsp3) is 0.612. The molecule has 0 unspecified atom stereocenters. The number of carbonyl (C=O) groups excluding carboxylic acids is 2. The Bertz CT molecular complexity index is 2760. The predicted octanol–water partition coefficient (Wildman–Crippen LogP) is 28.0. The fourth-order valence-corrected chi connectivity index (χ4v) is 15.6. The van der Waals surface area contributed by atoms with Gasteiger partial charge in [0.15, 0.2) is 0 Å². The molecular formula is C103H156O12. The number of aliphatic carboxylic acids is 2. The SMILES string of the molecule is O=C(CCCCCCCCCCCCCCCOC(c1ccccc1)(c1ccccc1)c1ccccc1)OCOC(=O)CCCCCCCCCCCCCCCOC(c1ccccc1)(c1ccccc1)c1ccccc1.O=C(O)CCCCCCCCCCCCCCCO.O=C(O)CCCCCCCCCCCCCCCO. The summed E-state index contributed by atoms with van der Waals surface area (Å²) in [6.07, 6.45) is 63.7. The highest BCUT2D eigenvalue weighted by molar-refractivity contribution is 5.71. The first-order valence-corrected chi connectivity index (χ1v) is 46.2. The van der Waals surface area contributed by atoms with E-state index in [0.29, 0.717) is 52.1 Å². The predicted molar refractivity (Wildman–Crippen MR) is 475 cm³/mol. The molecule has 0 atom stereocenters. The molecule has 0 amide bonds. The fourth-order valence-electron chi connectivity index (χ4n) is 15.6. The third-order valence-electron chi connectivity index (χ3n) is 22.3. The molecule has 115 heavy (non-hydrogen) atoms. The standard InChI is InChI=1S/C71H92O6.2C16H32O3/c72-68(57-41-19-15-11-7-3-1-5-9-13-17-21-43-59-76-70(62-45-29-23-30-46-62,63-47-31-24-32-48-63)64-49-33-25-34-50-64)74-61-75-69(73)58-42-20-16-12-8-4-2-6-10-14-18-22-44-60-77-71(65-51-35-26-36-52-65,66-53-37-27-38-54-66)67-55-39-28-40-56-67;2*17-15-13-11-9-7-5-3-1-2-4-6-8-10-12-14-16(18)19/h23-40,45-56H,1-22,41-44,57-61H2;2*17H,1-15H2,(H,18,19). The lowest BCUT2D eigenvalue weighted by molar-refractivity contribution is -0.167. The van der Waals surface area contributed by atoms with Crippen molar-refractivity contribution >= 4 is 23.9 Å². The van der Waals surface area contributed by atoms with Crippen molar-refractivity contribution in [3.63, 3.8) is 0 Å². The van der Waals surface area contributed by atoms with Crippen LogP contribution in [0, 0.1) is 0 Å². The van der Waals surface area contributed by atoms with Crippen LogP contribution in [-0.4, -0.2) is 77.5 Å². The van der Waals surface area contributed by atoms with E-state index in [1.165, 1.54) is 244 Å². The summed E-state index contributed by atoms with van der Waals surface area (Å²) < 4.78 is 24.3. The Morgan fingerprint density at radius 2 is 0.365 bits per heavy atom. The summed E-state index contributed by atoms with van der Waals surface area (Å²) in [4.78, 5) is 45.0. The van der Waals surface area contributed by atoms with Crippen molar-refractivity contribution in [3.8, 4) is 0 Å². The van der Waals surface area contributed by atoms with Crippen LogP contribution in [0.4, 0.5) is 0 Å². The molecule has 6 rings (SSSR count). The lowest BCUT2D eigenvalue weighted by Gasteiger charge is -2.36. The lowest BCUT2D eigenvalue weighted by atomic mass is 9.80. The van der Waals surface area contributed by atoms with Gasteiger partial charge in [-0.3, -0.25) is 19.2 Å². The van der Waals surface area contributed by atoms with E-state index < -0.39 is 23.1 Å². The van der Waals surface area contributed by atoms with Gasteiger partial charge in [0.2, 0.25) is 6.79 Å². The molecule has 0 bridgehead atoms. The Balaban J connectivity index is 0.000000598. The average Bonchev–Trinajstić information content (AvgIpc) is 0.767. The first-order chi connectivity index (χ1) is 56.7. The van der Waals surface area contributed by atoms with Gasteiger partial charge in [-0.2, -0.15) is 0 Å². The van der Waals surface area contributed by atoms with Crippen LogP contribution in [0.25, 0.3) is 0 Å². The van der Waals surface area contributed by atoms with Gasteiger partial charge in [0.1, 0.15) is 11.2 Å². The zero-order valence-corrected chi connectivity index (χ0v) is 71.5. The molecule has 4 N–H and O–H groups in total. The summed E-state index contributed by atoms with van der Waals surface area (Å²) >= 11 is 0. The van der Waals surface area contributed by atoms with Gasteiger partial charge < -0.3 is 39.4 Å². The first kappa shape index (κ1) is 100. The molecule has 0 aliphatic carbocycles. The van der Waals surface area contributed by atoms with Gasteiger partial charge in [-0.25, -0.2) is 0 Å². The largest absolute Gasteiger partial charge is 0.481 e. The van der Waals surface area contributed by atoms with E-state index in [1.807, 2.05) is 0 Å². The van der Waals surface area contributed by atoms with Gasteiger partial charge in [0.05, 0.1) is 0 Å². The Morgan fingerprint density at radius 1 is 0.209 bits per heavy atom. The number of hydrogen-bond acceptors (Lipinski definition) is 10. The highest BCUT2D eigenvalue weighted by Crippen LogP contribution is 2.42. The van der Waals surface area contributed by atoms with Crippen LogP contribution in [0.1, 0.15) is 393 Å². The molecule has 12 nitrogen and oxygen atoms in total. The van der Waals surface area contributed by atoms with Crippen molar-refractivity contribution in [2.75, 3.05) is 33.2 Å². The van der Waals surface area contributed by atoms with Gasteiger partial charge in [0.25, 0.3) is 0 Å². The molecule has 0 fully saturated rings. The number of rotatable bonds is 72. The maximum absolute atomic E-state index is 12.2. The molecule has 640 valence electrons. The number of carbonyl (C=O) groups is 4. The lowest BCUT2D eigenvalue weighted by Crippen LogP contribution is -2.33. The van der Waals surface area contributed by atoms with E-state index in [9.17, 15) is 19.2 Å². The number of esters is 2. The maximum Gasteiger partial charge on any atom is 0.308 e. The molecule has 12 heteroatoms. The number of unbranched alkanes of at least 4 members (excludes halogenated alkanes) is 48. The Hall–Kier alpha value is -6.96. The van der Waals surface area contributed by atoms with E-state index in [0.717, 1.165) is 123 Å². The van der Waals surface area contributed by atoms with Gasteiger partial charge in [-0.15, -0.1) is 0 Å². The molecular weight excluding hydrogens is 1430 g/mol. The number of carboxylic acid groups (broad SMARTS) is 2. The molecule has 6 aromatic carbocycles. The third-order valence-corrected chi connectivity index (χ3v) is 22.3. The normalized spacial score (nSPS) is 11.4. The number of hydrogen-bond donors (Lipinski definition) is 4. The first-order valence-electron chi connectivity index (χ1n) is 46.2. The molecule has 6 aromatic rings. The van der Waals surface area contributed by atoms with Crippen molar-refractivity contribution < 1.29 is 58.6 Å². The van der Waals surface area contributed by atoms with Crippen molar-refractivity contribution in [3.05, 3.63) is 215 Å². The quantitative estimate of drug-likeness (QED) is 0.0123. The molecule has 0 heterocycles. The highest BCUT2D eigenvalue weighted by atomic mass is 16.7. The third kappa shape index (κ3) is 49.1.